The maximum Gasteiger partial charge on any atom is 0.0569 e. The van der Waals surface area contributed by atoms with E-state index in [1.165, 1.54) is 80.4 Å². The van der Waals surface area contributed by atoms with E-state index in [9.17, 15) is 0 Å². The molecule has 2 N–H and O–H groups in total. The molecular weight excluding hydrogens is 316 g/mol. The lowest BCUT2D eigenvalue weighted by Gasteiger charge is -2.18. The third kappa shape index (κ3) is 1.67. The van der Waals surface area contributed by atoms with Crippen LogP contribution < -0.4 is 0 Å². The average molecular weight is 338 g/mol. The quantitative estimate of drug-likeness (QED) is 0.325. The predicted octanol–water partition coefficient (Wildman–Crippen LogP) is 6.45. The summed E-state index contributed by atoms with van der Waals surface area (Å²) in [6.07, 6.45) is 4.97. The maximum absolute atomic E-state index is 3.82. The molecule has 2 heteroatoms. The number of H-pyrrole nitrogens is 2. The number of benzene rings is 3. The summed E-state index contributed by atoms with van der Waals surface area (Å²) in [5.41, 5.74) is 11.0. The zero-order valence-corrected chi connectivity index (χ0v) is 15.3. The topological polar surface area (TPSA) is 31.6 Å². The van der Waals surface area contributed by atoms with E-state index in [2.05, 4.69) is 60.2 Å². The van der Waals surface area contributed by atoms with E-state index in [0.29, 0.717) is 0 Å². The van der Waals surface area contributed by atoms with Gasteiger partial charge < -0.3 is 9.97 Å². The molecule has 0 saturated carbocycles. The number of rotatable bonds is 0. The van der Waals surface area contributed by atoms with Crippen molar-refractivity contribution in [1.29, 1.82) is 0 Å². The van der Waals surface area contributed by atoms with Gasteiger partial charge in [-0.15, -0.1) is 0 Å². The van der Waals surface area contributed by atoms with Gasteiger partial charge in [0, 0.05) is 32.6 Å². The summed E-state index contributed by atoms with van der Waals surface area (Å²) in [6.45, 7) is 4.41. The van der Waals surface area contributed by atoms with Crippen molar-refractivity contribution >= 4 is 43.6 Å². The van der Waals surface area contributed by atoms with Gasteiger partial charge in [0.1, 0.15) is 0 Å². The molecular formula is C24H22N2. The molecule has 2 nitrogen and oxygen atoms in total. The first kappa shape index (κ1) is 14.4. The Morgan fingerprint density at radius 2 is 1.19 bits per heavy atom. The third-order valence-electron chi connectivity index (χ3n) is 6.41. The Labute approximate surface area is 152 Å². The van der Waals surface area contributed by atoms with Gasteiger partial charge in [0.15, 0.2) is 0 Å². The fourth-order valence-electron chi connectivity index (χ4n) is 5.17. The second-order valence-electron chi connectivity index (χ2n) is 7.91. The van der Waals surface area contributed by atoms with Crippen LogP contribution in [0.25, 0.3) is 43.6 Å². The number of para-hydroxylation sites is 2. The van der Waals surface area contributed by atoms with E-state index in [0.717, 1.165) is 0 Å². The van der Waals surface area contributed by atoms with Crippen LogP contribution in [-0.4, -0.2) is 9.97 Å². The SMILES string of the molecule is Cc1cccc2c1[nH]c1c2c2c(c3[nH]c4c(C)cccc4c31)CCCC2. The van der Waals surface area contributed by atoms with Crippen LogP contribution in [0.15, 0.2) is 36.4 Å². The Morgan fingerprint density at radius 3 is 1.88 bits per heavy atom. The van der Waals surface area contributed by atoms with Gasteiger partial charge in [0.25, 0.3) is 0 Å². The molecule has 2 heterocycles. The molecule has 128 valence electrons. The summed E-state index contributed by atoms with van der Waals surface area (Å²) in [4.78, 5) is 7.62. The van der Waals surface area contributed by atoms with Crippen molar-refractivity contribution in [2.75, 3.05) is 0 Å². The van der Waals surface area contributed by atoms with Gasteiger partial charge in [-0.3, -0.25) is 0 Å². The molecule has 26 heavy (non-hydrogen) atoms. The second kappa shape index (κ2) is 4.91. The average Bonchev–Trinajstić information content (AvgIpc) is 3.23. The molecule has 0 spiro atoms. The molecule has 2 aromatic heterocycles. The highest BCUT2D eigenvalue weighted by Gasteiger charge is 2.23. The number of fused-ring (bicyclic) bond motifs is 10. The minimum absolute atomic E-state index is 1.19. The summed E-state index contributed by atoms with van der Waals surface area (Å²) in [5, 5.41) is 5.59. The maximum atomic E-state index is 3.82. The molecule has 1 aliphatic rings. The van der Waals surface area contributed by atoms with Gasteiger partial charge in [0.2, 0.25) is 0 Å². The van der Waals surface area contributed by atoms with E-state index in [1.807, 2.05) is 0 Å². The number of hydrogen-bond acceptors (Lipinski definition) is 0. The number of aryl methyl sites for hydroxylation is 4. The molecule has 0 amide bonds. The van der Waals surface area contributed by atoms with Crippen molar-refractivity contribution in [3.63, 3.8) is 0 Å². The van der Waals surface area contributed by atoms with Gasteiger partial charge in [-0.1, -0.05) is 36.4 Å². The van der Waals surface area contributed by atoms with Gasteiger partial charge in [-0.2, -0.15) is 0 Å². The molecule has 0 radical (unpaired) electrons. The summed E-state index contributed by atoms with van der Waals surface area (Å²) in [5.74, 6) is 0. The van der Waals surface area contributed by atoms with Gasteiger partial charge >= 0.3 is 0 Å². The molecule has 0 saturated heterocycles. The van der Waals surface area contributed by atoms with Crippen molar-refractivity contribution in [1.82, 2.24) is 9.97 Å². The highest BCUT2D eigenvalue weighted by atomic mass is 14.8. The van der Waals surface area contributed by atoms with Crippen molar-refractivity contribution in [2.45, 2.75) is 39.5 Å². The van der Waals surface area contributed by atoms with Crippen LogP contribution in [0.1, 0.15) is 35.1 Å². The van der Waals surface area contributed by atoms with Crippen LogP contribution in [0.3, 0.4) is 0 Å². The van der Waals surface area contributed by atoms with Crippen LogP contribution in [0.5, 0.6) is 0 Å². The minimum Gasteiger partial charge on any atom is -0.354 e. The molecule has 0 unspecified atom stereocenters. The zero-order chi connectivity index (χ0) is 17.4. The number of aromatic amines is 2. The predicted molar refractivity (Wildman–Crippen MR) is 111 cm³/mol. The van der Waals surface area contributed by atoms with Crippen LogP contribution in [0.4, 0.5) is 0 Å². The largest absolute Gasteiger partial charge is 0.354 e. The highest BCUT2D eigenvalue weighted by Crippen LogP contribution is 2.43. The Bertz CT molecular complexity index is 1350. The fourth-order valence-corrected chi connectivity index (χ4v) is 5.17. The Morgan fingerprint density at radius 1 is 0.615 bits per heavy atom. The first-order valence-electron chi connectivity index (χ1n) is 9.70. The lowest BCUT2D eigenvalue weighted by Crippen LogP contribution is -2.04. The fraction of sp³-hybridized carbons (Fsp3) is 0.250. The van der Waals surface area contributed by atoms with E-state index < -0.39 is 0 Å². The summed E-state index contributed by atoms with van der Waals surface area (Å²) < 4.78 is 0. The molecule has 1 aliphatic carbocycles. The van der Waals surface area contributed by atoms with Crippen LogP contribution >= 0.6 is 0 Å². The van der Waals surface area contributed by atoms with E-state index in [4.69, 9.17) is 0 Å². The van der Waals surface area contributed by atoms with E-state index in [1.54, 1.807) is 11.1 Å². The van der Waals surface area contributed by atoms with Crippen LogP contribution in [0, 0.1) is 13.8 Å². The Hall–Kier alpha value is -2.74. The highest BCUT2D eigenvalue weighted by molar-refractivity contribution is 6.26. The zero-order valence-electron chi connectivity index (χ0n) is 15.3. The molecule has 0 fully saturated rings. The summed E-state index contributed by atoms with van der Waals surface area (Å²) in [7, 11) is 0. The molecule has 0 bridgehead atoms. The second-order valence-corrected chi connectivity index (χ2v) is 7.91. The van der Waals surface area contributed by atoms with E-state index in [-0.39, 0.29) is 0 Å². The summed E-state index contributed by atoms with van der Waals surface area (Å²) >= 11 is 0. The van der Waals surface area contributed by atoms with Gasteiger partial charge in [0.05, 0.1) is 11.0 Å². The minimum atomic E-state index is 1.19. The van der Waals surface area contributed by atoms with Crippen molar-refractivity contribution in [3.05, 3.63) is 58.7 Å². The van der Waals surface area contributed by atoms with Gasteiger partial charge in [-0.25, -0.2) is 0 Å². The standard InChI is InChI=1S/C24H22N2/c1-13-7-5-11-17-19-15-9-3-4-10-16(15)23-20(24(19)26-21(13)17)18-12-6-8-14(2)22(18)25-23/h5-8,11-12,25-26H,3-4,9-10H2,1-2H3. The first-order valence-corrected chi connectivity index (χ1v) is 9.70. The van der Waals surface area contributed by atoms with Crippen LogP contribution in [0.2, 0.25) is 0 Å². The van der Waals surface area contributed by atoms with Crippen molar-refractivity contribution in [2.24, 2.45) is 0 Å². The van der Waals surface area contributed by atoms with Crippen LogP contribution in [-0.2, 0) is 12.8 Å². The lowest BCUT2D eigenvalue weighted by molar-refractivity contribution is 0.693. The molecule has 5 aromatic rings. The Kier molecular flexibility index (Phi) is 2.73. The van der Waals surface area contributed by atoms with Crippen molar-refractivity contribution in [3.8, 4) is 0 Å². The van der Waals surface area contributed by atoms with Gasteiger partial charge in [-0.05, 0) is 61.8 Å². The molecule has 0 aliphatic heterocycles. The monoisotopic (exact) mass is 338 g/mol. The Balaban J connectivity index is 1.98. The van der Waals surface area contributed by atoms with E-state index >= 15 is 0 Å². The third-order valence-corrected chi connectivity index (χ3v) is 6.41. The lowest BCUT2D eigenvalue weighted by atomic mass is 9.86. The summed E-state index contributed by atoms with van der Waals surface area (Å²) in [6, 6.07) is 13.4. The first-order chi connectivity index (χ1) is 12.7. The smallest absolute Gasteiger partial charge is 0.0569 e. The molecule has 0 atom stereocenters. The van der Waals surface area contributed by atoms with Crippen molar-refractivity contribution < 1.29 is 0 Å². The molecule has 6 rings (SSSR count). The number of hydrogen-bond donors (Lipinski definition) is 2. The normalized spacial score (nSPS) is 14.7. The molecule has 3 aromatic carbocycles. The number of nitrogens with one attached hydrogen (secondary N) is 2. The number of aromatic nitrogens is 2.